The molecule has 15 heteroatoms. The topological polar surface area (TPSA) is 224 Å². The molecule has 0 aromatic carbocycles. The third-order valence-electron chi connectivity index (χ3n) is 0.183. The molecule has 0 bridgehead atoms. The van der Waals surface area contributed by atoms with Gasteiger partial charge >= 0.3 is 78.2 Å². The molecule has 0 saturated heterocycles. The van der Waals surface area contributed by atoms with Gasteiger partial charge in [0.05, 0.1) is 0 Å². The van der Waals surface area contributed by atoms with Crippen molar-refractivity contribution in [3.8, 4) is 0 Å². The molecule has 0 aromatic rings. The van der Waals surface area contributed by atoms with E-state index in [0.717, 1.165) is 0 Å². The van der Waals surface area contributed by atoms with Crippen molar-refractivity contribution in [3.05, 3.63) is 0 Å². The predicted octanol–water partition coefficient (Wildman–Crippen LogP) is -2.31. The standard InChI is InChI=1S/C2H2O4.2H2O4S.Sr.2H/c3-1(4)2(5)6;2*1-5(2,3)4;;;/h(H,3,4)(H,5,6);2*(H2,1,2,3,4);;;/q;;;+2;2*-1. The quantitative estimate of drug-likeness (QED) is 0.149. The second kappa shape index (κ2) is 11.3. The zero-order valence-electron chi connectivity index (χ0n) is 9.66. The number of carboxylic acid groups (broad SMARTS) is 2. The maximum Gasteiger partial charge on any atom is 2.00 e. The number of rotatable bonds is 0. The maximum absolute atomic E-state index is 9.10. The van der Waals surface area contributed by atoms with Crippen LogP contribution in [0.5, 0.6) is 0 Å². The van der Waals surface area contributed by atoms with Gasteiger partial charge in [0.1, 0.15) is 0 Å². The average molecular weight is 376 g/mol. The van der Waals surface area contributed by atoms with Crippen molar-refractivity contribution in [2.45, 2.75) is 0 Å². The number of hydrogen-bond acceptors (Lipinski definition) is 6. The molecule has 0 saturated carbocycles. The molecule has 0 radical (unpaired) electrons. The summed E-state index contributed by atoms with van der Waals surface area (Å²) in [5.41, 5.74) is 0. The van der Waals surface area contributed by atoms with Crippen LogP contribution >= 0.6 is 0 Å². The average Bonchev–Trinajstić information content (AvgIpc) is 1.77. The molecule has 0 aromatic heterocycles. The number of carboxylic acids is 2. The van der Waals surface area contributed by atoms with E-state index in [9.17, 15) is 0 Å². The molecule has 0 heterocycles. The summed E-state index contributed by atoms with van der Waals surface area (Å²) in [5, 5.41) is 14.8. The molecule has 17 heavy (non-hydrogen) atoms. The van der Waals surface area contributed by atoms with E-state index in [1.807, 2.05) is 0 Å². The SMILES string of the molecule is O=C(O)C(=O)O.O=S(=O)(O)O.O=S(=O)(O)O.[H-].[H-].[Sr+2]. The van der Waals surface area contributed by atoms with E-state index in [0.29, 0.717) is 0 Å². The Hall–Kier alpha value is 0.161. The number of aliphatic carboxylic acids is 2. The van der Waals surface area contributed by atoms with Crippen LogP contribution in [-0.2, 0) is 30.4 Å². The first-order valence-corrected chi connectivity index (χ1v) is 5.30. The Labute approximate surface area is 135 Å². The second-order valence-corrected chi connectivity index (χ2v) is 3.30. The first-order valence-electron chi connectivity index (χ1n) is 2.50. The van der Waals surface area contributed by atoms with Crippen LogP contribution in [0.25, 0.3) is 0 Å². The monoisotopic (exact) mass is 376 g/mol. The first-order chi connectivity index (χ1) is 6.64. The smallest absolute Gasteiger partial charge is 1.00 e. The van der Waals surface area contributed by atoms with Crippen LogP contribution in [0.2, 0.25) is 0 Å². The molecule has 0 atom stereocenters. The van der Waals surface area contributed by atoms with Crippen molar-refractivity contribution < 1.29 is 57.7 Å². The van der Waals surface area contributed by atoms with E-state index in [1.54, 1.807) is 0 Å². The van der Waals surface area contributed by atoms with Crippen molar-refractivity contribution in [1.29, 1.82) is 0 Å². The van der Waals surface area contributed by atoms with E-state index in [1.165, 1.54) is 0 Å². The van der Waals surface area contributed by atoms with E-state index < -0.39 is 32.7 Å². The Bertz CT molecular complexity index is 367. The Balaban J connectivity index is -0.0000000311. The van der Waals surface area contributed by atoms with Crippen molar-refractivity contribution in [2.24, 2.45) is 0 Å². The van der Waals surface area contributed by atoms with E-state index in [-0.39, 0.29) is 48.3 Å². The van der Waals surface area contributed by atoms with Crippen LogP contribution in [0.3, 0.4) is 0 Å². The summed E-state index contributed by atoms with van der Waals surface area (Å²) >= 11 is 0. The van der Waals surface area contributed by atoms with E-state index in [2.05, 4.69) is 0 Å². The molecule has 0 spiro atoms. The predicted molar refractivity (Wildman–Crippen MR) is 51.6 cm³/mol. The van der Waals surface area contributed by atoms with Gasteiger partial charge in [-0.1, -0.05) is 0 Å². The van der Waals surface area contributed by atoms with Crippen molar-refractivity contribution >= 4 is 78.2 Å². The van der Waals surface area contributed by atoms with Crippen molar-refractivity contribution in [3.63, 3.8) is 0 Å². The van der Waals surface area contributed by atoms with Crippen LogP contribution in [0.15, 0.2) is 0 Å². The minimum absolute atomic E-state index is 0. The van der Waals surface area contributed by atoms with Crippen LogP contribution in [0, 0.1) is 0 Å². The summed E-state index contributed by atoms with van der Waals surface area (Å²) in [6.07, 6.45) is 0. The molecule has 0 fully saturated rings. The normalized spacial score (nSPS) is 9.41. The van der Waals surface area contributed by atoms with Gasteiger partial charge in [0.15, 0.2) is 0 Å². The van der Waals surface area contributed by atoms with Crippen LogP contribution in [0.1, 0.15) is 2.85 Å². The van der Waals surface area contributed by atoms with Crippen molar-refractivity contribution in [2.75, 3.05) is 0 Å². The third kappa shape index (κ3) is 187. The zero-order chi connectivity index (χ0) is 14.2. The van der Waals surface area contributed by atoms with Crippen LogP contribution in [-0.4, -0.2) is 103 Å². The molecule has 6 N–H and O–H groups in total. The van der Waals surface area contributed by atoms with Gasteiger partial charge in [0, 0.05) is 0 Å². The number of carbonyl (C=O) groups is 2. The Kier molecular flexibility index (Phi) is 17.1. The largest absolute Gasteiger partial charge is 2.00 e. The van der Waals surface area contributed by atoms with Crippen LogP contribution in [0.4, 0.5) is 0 Å². The molecule has 0 amide bonds. The fourth-order valence-electron chi connectivity index (χ4n) is 0. The Morgan fingerprint density at radius 2 is 0.765 bits per heavy atom. The fourth-order valence-corrected chi connectivity index (χ4v) is 0. The summed E-state index contributed by atoms with van der Waals surface area (Å²) in [5.74, 6) is -3.65. The van der Waals surface area contributed by atoms with Crippen LogP contribution < -0.4 is 0 Å². The summed E-state index contributed by atoms with van der Waals surface area (Å²) in [7, 11) is -9.33. The Morgan fingerprint density at radius 3 is 0.765 bits per heavy atom. The first kappa shape index (κ1) is 25.9. The summed E-state index contributed by atoms with van der Waals surface area (Å²) in [6.45, 7) is 0. The second-order valence-electron chi connectivity index (χ2n) is 1.51. The zero-order valence-corrected chi connectivity index (χ0v) is 12.8. The minimum Gasteiger partial charge on any atom is -1.00 e. The Morgan fingerprint density at radius 1 is 0.706 bits per heavy atom. The molecule has 0 rings (SSSR count). The van der Waals surface area contributed by atoms with Gasteiger partial charge in [0.25, 0.3) is 0 Å². The van der Waals surface area contributed by atoms with Gasteiger partial charge < -0.3 is 13.1 Å². The van der Waals surface area contributed by atoms with Gasteiger partial charge in [-0.05, 0) is 0 Å². The van der Waals surface area contributed by atoms with Gasteiger partial charge in [0.2, 0.25) is 0 Å². The molecule has 102 valence electrons. The molecule has 0 aliphatic carbocycles. The van der Waals surface area contributed by atoms with Gasteiger partial charge in [-0.15, -0.1) is 0 Å². The minimum atomic E-state index is -4.67. The molecular formula is C2H8O12S2Sr. The summed E-state index contributed by atoms with van der Waals surface area (Å²) in [6, 6.07) is 0. The molecule has 12 nitrogen and oxygen atoms in total. The summed E-state index contributed by atoms with van der Waals surface area (Å²) < 4.78 is 63.2. The maximum atomic E-state index is 9.10. The van der Waals surface area contributed by atoms with Gasteiger partial charge in [-0.25, -0.2) is 9.59 Å². The molecule has 0 unspecified atom stereocenters. The fraction of sp³-hybridized carbons (Fsp3) is 0. The molecule has 0 aliphatic rings. The van der Waals surface area contributed by atoms with E-state index in [4.69, 9.17) is 54.8 Å². The van der Waals surface area contributed by atoms with Crippen molar-refractivity contribution in [1.82, 2.24) is 0 Å². The third-order valence-corrected chi connectivity index (χ3v) is 0.183. The van der Waals surface area contributed by atoms with Gasteiger partial charge in [-0.2, -0.15) is 16.8 Å². The molecular weight excluding hydrogens is 368 g/mol. The number of hydrogen-bond donors (Lipinski definition) is 6. The summed E-state index contributed by atoms with van der Waals surface area (Å²) in [4.78, 5) is 18.2. The van der Waals surface area contributed by atoms with Gasteiger partial charge in [-0.3, -0.25) is 18.2 Å². The van der Waals surface area contributed by atoms with E-state index >= 15 is 0 Å². The molecule has 0 aliphatic heterocycles.